The van der Waals surface area contributed by atoms with E-state index in [1.807, 2.05) is 25.1 Å². The van der Waals surface area contributed by atoms with Gasteiger partial charge in [-0.05, 0) is 48.7 Å². The number of carbonyl (C=O) groups excluding carboxylic acids is 1. The summed E-state index contributed by atoms with van der Waals surface area (Å²) in [4.78, 5) is 12.6. The quantitative estimate of drug-likeness (QED) is 0.882. The van der Waals surface area contributed by atoms with Crippen molar-refractivity contribution in [2.45, 2.75) is 19.8 Å². The number of halogens is 1. The van der Waals surface area contributed by atoms with Crippen LogP contribution in [0.4, 0.5) is 11.4 Å². The van der Waals surface area contributed by atoms with Crippen LogP contribution in [0.1, 0.15) is 29.3 Å². The molecule has 1 saturated heterocycles. The van der Waals surface area contributed by atoms with Crippen molar-refractivity contribution >= 4 is 38.9 Å². The number of hydrogen-bond acceptors (Lipinski definition) is 3. The van der Waals surface area contributed by atoms with Crippen LogP contribution in [0, 0.1) is 0 Å². The Morgan fingerprint density at radius 3 is 2.72 bits per heavy atom. The van der Waals surface area contributed by atoms with Gasteiger partial charge in [-0.25, -0.2) is 8.42 Å². The lowest BCUT2D eigenvalue weighted by Gasteiger charge is -2.18. The van der Waals surface area contributed by atoms with E-state index in [4.69, 9.17) is 11.6 Å². The molecule has 0 aliphatic carbocycles. The molecule has 3 rings (SSSR count). The van der Waals surface area contributed by atoms with E-state index < -0.39 is 10.0 Å². The van der Waals surface area contributed by atoms with Gasteiger partial charge in [0.2, 0.25) is 10.0 Å². The van der Waals surface area contributed by atoms with Crippen LogP contribution in [0.3, 0.4) is 0 Å². The first kappa shape index (κ1) is 17.8. The lowest BCUT2D eigenvalue weighted by atomic mass is 10.1. The predicted molar refractivity (Wildman–Crippen MR) is 101 cm³/mol. The second-order valence-corrected chi connectivity index (χ2v) is 8.33. The number of amides is 1. The van der Waals surface area contributed by atoms with Gasteiger partial charge in [-0.3, -0.25) is 9.10 Å². The molecule has 1 fully saturated rings. The minimum atomic E-state index is -3.30. The monoisotopic (exact) mass is 378 g/mol. The van der Waals surface area contributed by atoms with Gasteiger partial charge in [-0.1, -0.05) is 30.7 Å². The molecule has 0 aromatic heterocycles. The first-order valence-electron chi connectivity index (χ1n) is 8.11. The van der Waals surface area contributed by atoms with Crippen LogP contribution in [0.2, 0.25) is 5.02 Å². The van der Waals surface area contributed by atoms with Crippen LogP contribution in [-0.2, 0) is 16.4 Å². The maximum absolute atomic E-state index is 12.6. The Kier molecular flexibility index (Phi) is 5.01. The smallest absolute Gasteiger partial charge is 0.257 e. The molecule has 0 saturated carbocycles. The van der Waals surface area contributed by atoms with E-state index in [1.165, 1.54) is 10.4 Å². The molecule has 0 radical (unpaired) electrons. The molecular formula is C18H19ClN2O3S. The maximum atomic E-state index is 12.6. The lowest BCUT2D eigenvalue weighted by Crippen LogP contribution is -2.25. The number of aryl methyl sites for hydroxylation is 1. The fourth-order valence-electron chi connectivity index (χ4n) is 2.84. The van der Waals surface area contributed by atoms with E-state index >= 15 is 0 Å². The topological polar surface area (TPSA) is 66.5 Å². The van der Waals surface area contributed by atoms with Gasteiger partial charge in [0.25, 0.3) is 5.91 Å². The summed E-state index contributed by atoms with van der Waals surface area (Å²) >= 11 is 6.16. The van der Waals surface area contributed by atoms with Crippen LogP contribution in [0.5, 0.6) is 0 Å². The van der Waals surface area contributed by atoms with Crippen molar-refractivity contribution in [2.24, 2.45) is 0 Å². The van der Waals surface area contributed by atoms with Gasteiger partial charge in [-0.15, -0.1) is 0 Å². The number of nitrogens with zero attached hydrogens (tertiary/aromatic N) is 1. The normalized spacial score (nSPS) is 16.0. The molecule has 132 valence electrons. The number of hydrogen-bond donors (Lipinski definition) is 1. The van der Waals surface area contributed by atoms with Gasteiger partial charge in [0.1, 0.15) is 0 Å². The lowest BCUT2D eigenvalue weighted by molar-refractivity contribution is 0.102. The summed E-state index contributed by atoms with van der Waals surface area (Å²) in [6.07, 6.45) is 1.45. The Morgan fingerprint density at radius 2 is 2.04 bits per heavy atom. The summed E-state index contributed by atoms with van der Waals surface area (Å²) in [7, 11) is -3.30. The van der Waals surface area contributed by atoms with E-state index in [2.05, 4.69) is 5.32 Å². The number of sulfonamides is 1. The molecule has 0 atom stereocenters. The van der Waals surface area contributed by atoms with Gasteiger partial charge < -0.3 is 5.32 Å². The standard InChI is InChI=1S/C18H19ClN2O3S/c1-2-13-5-3-6-14(11-13)20-18(22)16-12-15(7-8-17(16)19)21-9-4-10-25(21,23)24/h3,5-8,11-12H,2,4,9-10H2,1H3,(H,20,22). The molecule has 2 aromatic carbocycles. The van der Waals surface area contributed by atoms with Crippen molar-refractivity contribution in [1.29, 1.82) is 0 Å². The van der Waals surface area contributed by atoms with Crippen LogP contribution >= 0.6 is 11.6 Å². The summed E-state index contributed by atoms with van der Waals surface area (Å²) in [5.74, 6) is -0.238. The highest BCUT2D eigenvalue weighted by atomic mass is 35.5. The maximum Gasteiger partial charge on any atom is 0.257 e. The van der Waals surface area contributed by atoms with Gasteiger partial charge in [-0.2, -0.15) is 0 Å². The van der Waals surface area contributed by atoms with Gasteiger partial charge in [0.15, 0.2) is 0 Å². The fraction of sp³-hybridized carbons (Fsp3) is 0.278. The molecule has 2 aromatic rings. The molecule has 1 amide bonds. The minimum absolute atomic E-state index is 0.126. The number of nitrogens with one attached hydrogen (secondary N) is 1. The highest BCUT2D eigenvalue weighted by Crippen LogP contribution is 2.29. The SMILES string of the molecule is CCc1cccc(NC(=O)c2cc(N3CCCS3(=O)=O)ccc2Cl)c1. The molecule has 0 bridgehead atoms. The van der Waals surface area contributed by atoms with E-state index in [-0.39, 0.29) is 22.2 Å². The summed E-state index contributed by atoms with van der Waals surface area (Å²) < 4.78 is 25.5. The van der Waals surface area contributed by atoms with Crippen LogP contribution < -0.4 is 9.62 Å². The molecule has 1 N–H and O–H groups in total. The van der Waals surface area contributed by atoms with E-state index in [9.17, 15) is 13.2 Å². The third kappa shape index (κ3) is 3.80. The Labute approximate surface area is 152 Å². The van der Waals surface area contributed by atoms with Gasteiger partial charge >= 0.3 is 0 Å². The van der Waals surface area contributed by atoms with Crippen molar-refractivity contribution in [3.63, 3.8) is 0 Å². The second kappa shape index (κ2) is 7.06. The molecule has 5 nitrogen and oxygen atoms in total. The summed E-state index contributed by atoms with van der Waals surface area (Å²) in [5, 5.41) is 3.10. The molecule has 1 heterocycles. The summed E-state index contributed by atoms with van der Waals surface area (Å²) in [6.45, 7) is 2.46. The highest BCUT2D eigenvalue weighted by molar-refractivity contribution is 7.93. The molecular weight excluding hydrogens is 360 g/mol. The first-order chi connectivity index (χ1) is 11.9. The molecule has 7 heteroatoms. The van der Waals surface area contributed by atoms with Crippen LogP contribution in [-0.4, -0.2) is 26.6 Å². The van der Waals surface area contributed by atoms with Gasteiger partial charge in [0, 0.05) is 12.2 Å². The number of carbonyl (C=O) groups is 1. The molecule has 0 spiro atoms. The minimum Gasteiger partial charge on any atom is -0.322 e. The van der Waals surface area contributed by atoms with E-state index in [1.54, 1.807) is 18.2 Å². The zero-order valence-electron chi connectivity index (χ0n) is 13.8. The zero-order chi connectivity index (χ0) is 18.0. The largest absolute Gasteiger partial charge is 0.322 e. The Balaban J connectivity index is 1.88. The third-order valence-electron chi connectivity index (χ3n) is 4.17. The third-order valence-corrected chi connectivity index (χ3v) is 6.37. The number of rotatable bonds is 4. The number of anilines is 2. The van der Waals surface area contributed by atoms with E-state index in [0.29, 0.717) is 24.3 Å². The highest BCUT2D eigenvalue weighted by Gasteiger charge is 2.29. The van der Waals surface area contributed by atoms with Crippen LogP contribution in [0.25, 0.3) is 0 Å². The zero-order valence-corrected chi connectivity index (χ0v) is 15.4. The summed E-state index contributed by atoms with van der Waals surface area (Å²) in [5.41, 5.74) is 2.51. The Hall–Kier alpha value is -2.05. The van der Waals surface area contributed by atoms with Crippen molar-refractivity contribution in [3.8, 4) is 0 Å². The Morgan fingerprint density at radius 1 is 1.24 bits per heavy atom. The first-order valence-corrected chi connectivity index (χ1v) is 10.1. The van der Waals surface area contributed by atoms with Crippen LogP contribution in [0.15, 0.2) is 42.5 Å². The molecule has 1 aliphatic heterocycles. The summed E-state index contributed by atoms with van der Waals surface area (Å²) in [6, 6.07) is 12.3. The average Bonchev–Trinajstić information content (AvgIpc) is 2.94. The fourth-order valence-corrected chi connectivity index (χ4v) is 4.60. The average molecular weight is 379 g/mol. The van der Waals surface area contributed by atoms with E-state index in [0.717, 1.165) is 12.0 Å². The molecule has 25 heavy (non-hydrogen) atoms. The number of benzene rings is 2. The van der Waals surface area contributed by atoms with Crippen molar-refractivity contribution in [3.05, 3.63) is 58.6 Å². The molecule has 1 aliphatic rings. The Bertz CT molecular complexity index is 912. The van der Waals surface area contributed by atoms with Crippen molar-refractivity contribution in [2.75, 3.05) is 21.9 Å². The second-order valence-electron chi connectivity index (χ2n) is 5.91. The van der Waals surface area contributed by atoms with Gasteiger partial charge in [0.05, 0.1) is 22.0 Å². The molecule has 0 unspecified atom stereocenters. The van der Waals surface area contributed by atoms with Crippen molar-refractivity contribution in [1.82, 2.24) is 0 Å². The predicted octanol–water partition coefficient (Wildman–Crippen LogP) is 3.69. The van der Waals surface area contributed by atoms with Crippen molar-refractivity contribution < 1.29 is 13.2 Å².